The van der Waals surface area contributed by atoms with Crippen LogP contribution in [-0.4, -0.2) is 44.4 Å². The molecule has 0 unspecified atom stereocenters. The van der Waals surface area contributed by atoms with Gasteiger partial charge in [-0.2, -0.15) is 0 Å². The summed E-state index contributed by atoms with van der Waals surface area (Å²) in [6, 6.07) is 11.1. The highest BCUT2D eigenvalue weighted by Gasteiger charge is 2.11. The van der Waals surface area contributed by atoms with Gasteiger partial charge in [0.05, 0.1) is 36.6 Å². The lowest BCUT2D eigenvalue weighted by Crippen LogP contribution is -2.09. The highest BCUT2D eigenvalue weighted by molar-refractivity contribution is 6.32. The Hall–Kier alpha value is -3.20. The molecule has 0 saturated heterocycles. The number of hydrogen-bond donors (Lipinski definition) is 2. The molecule has 31 heavy (non-hydrogen) atoms. The SMILES string of the molecule is Cc1ccc(Oc2ccc(Nc3ncnc4ccn(CCOCCO)c34)cc2Cl)cn1. The second-order valence-electron chi connectivity index (χ2n) is 6.81. The van der Waals surface area contributed by atoms with E-state index >= 15 is 0 Å². The minimum absolute atomic E-state index is 0.00321. The maximum atomic E-state index is 8.85. The van der Waals surface area contributed by atoms with Gasteiger partial charge in [0.25, 0.3) is 0 Å². The summed E-state index contributed by atoms with van der Waals surface area (Å²) in [6.07, 6.45) is 5.11. The Kier molecular flexibility index (Phi) is 6.61. The second-order valence-corrected chi connectivity index (χ2v) is 7.22. The highest BCUT2D eigenvalue weighted by atomic mass is 35.5. The third kappa shape index (κ3) is 5.11. The number of nitrogens with zero attached hydrogens (tertiary/aromatic N) is 4. The number of anilines is 2. The lowest BCUT2D eigenvalue weighted by atomic mass is 10.3. The molecule has 1 aromatic carbocycles. The molecule has 0 saturated carbocycles. The van der Waals surface area contributed by atoms with Gasteiger partial charge in [-0.1, -0.05) is 11.6 Å². The molecule has 0 fully saturated rings. The van der Waals surface area contributed by atoms with Crippen LogP contribution in [0.15, 0.2) is 55.1 Å². The minimum atomic E-state index is 0.00321. The van der Waals surface area contributed by atoms with Crippen LogP contribution in [0.4, 0.5) is 11.5 Å². The number of fused-ring (bicyclic) bond motifs is 1. The van der Waals surface area contributed by atoms with Crippen molar-refractivity contribution in [3.8, 4) is 11.5 Å². The topological polar surface area (TPSA) is 94.3 Å². The smallest absolute Gasteiger partial charge is 0.158 e. The zero-order valence-corrected chi connectivity index (χ0v) is 17.7. The van der Waals surface area contributed by atoms with E-state index in [-0.39, 0.29) is 6.61 Å². The third-order valence-electron chi connectivity index (χ3n) is 4.57. The molecule has 8 nitrogen and oxygen atoms in total. The van der Waals surface area contributed by atoms with Gasteiger partial charge in [-0.15, -0.1) is 0 Å². The molecule has 0 aliphatic rings. The quantitative estimate of drug-likeness (QED) is 0.375. The molecular weight excluding hydrogens is 418 g/mol. The van der Waals surface area contributed by atoms with Crippen molar-refractivity contribution in [2.24, 2.45) is 0 Å². The Bertz CT molecular complexity index is 1160. The lowest BCUT2D eigenvalue weighted by molar-refractivity contribution is 0.0875. The number of aryl methyl sites for hydroxylation is 1. The van der Waals surface area contributed by atoms with Crippen LogP contribution in [0.25, 0.3) is 11.0 Å². The molecule has 0 aliphatic heterocycles. The molecule has 4 aromatic rings. The van der Waals surface area contributed by atoms with E-state index in [2.05, 4.69) is 20.3 Å². The fraction of sp³-hybridized carbons (Fsp3) is 0.227. The molecule has 0 spiro atoms. The predicted molar refractivity (Wildman–Crippen MR) is 119 cm³/mol. The van der Waals surface area contributed by atoms with Crippen LogP contribution in [0.2, 0.25) is 5.02 Å². The van der Waals surface area contributed by atoms with Gasteiger partial charge in [0.2, 0.25) is 0 Å². The van der Waals surface area contributed by atoms with Crippen molar-refractivity contribution in [3.05, 3.63) is 65.8 Å². The molecule has 0 amide bonds. The Labute approximate surface area is 184 Å². The summed E-state index contributed by atoms with van der Waals surface area (Å²) in [5.74, 6) is 1.81. The van der Waals surface area contributed by atoms with Gasteiger partial charge in [-0.25, -0.2) is 9.97 Å². The van der Waals surface area contributed by atoms with Gasteiger partial charge in [0, 0.05) is 24.1 Å². The summed E-state index contributed by atoms with van der Waals surface area (Å²) in [4.78, 5) is 13.0. The molecule has 9 heteroatoms. The number of aromatic nitrogens is 4. The monoisotopic (exact) mass is 439 g/mol. The Morgan fingerprint density at radius 2 is 2.00 bits per heavy atom. The summed E-state index contributed by atoms with van der Waals surface area (Å²) < 4.78 is 13.2. The maximum absolute atomic E-state index is 8.85. The zero-order valence-electron chi connectivity index (χ0n) is 17.0. The van der Waals surface area contributed by atoms with E-state index in [0.29, 0.717) is 42.1 Å². The standard InChI is InChI=1S/C22H22ClN5O3/c1-15-2-4-17(13-24-15)31-20-5-3-16(12-18(20)23)27-22-21-19(25-14-26-22)6-7-28(21)8-10-30-11-9-29/h2-7,12-14,29H,8-11H2,1H3,(H,25,26,27). The third-order valence-corrected chi connectivity index (χ3v) is 4.86. The first-order valence-electron chi connectivity index (χ1n) is 9.79. The van der Waals surface area contributed by atoms with E-state index in [1.807, 2.05) is 42.0 Å². The van der Waals surface area contributed by atoms with E-state index in [4.69, 9.17) is 26.2 Å². The summed E-state index contributed by atoms with van der Waals surface area (Å²) in [5.41, 5.74) is 3.36. The second kappa shape index (κ2) is 9.74. The van der Waals surface area contributed by atoms with Crippen molar-refractivity contribution < 1.29 is 14.6 Å². The number of aliphatic hydroxyl groups is 1. The van der Waals surface area contributed by atoms with Crippen LogP contribution in [0.1, 0.15) is 5.69 Å². The zero-order chi connectivity index (χ0) is 21.6. The van der Waals surface area contributed by atoms with Crippen LogP contribution < -0.4 is 10.1 Å². The van der Waals surface area contributed by atoms with Crippen molar-refractivity contribution in [2.75, 3.05) is 25.1 Å². The minimum Gasteiger partial charge on any atom is -0.454 e. The highest BCUT2D eigenvalue weighted by Crippen LogP contribution is 2.33. The number of hydrogen-bond acceptors (Lipinski definition) is 7. The van der Waals surface area contributed by atoms with Crippen molar-refractivity contribution in [1.82, 2.24) is 19.5 Å². The molecule has 0 aliphatic carbocycles. The number of aliphatic hydroxyl groups excluding tert-OH is 1. The first-order valence-corrected chi connectivity index (χ1v) is 10.2. The Balaban J connectivity index is 1.52. The number of benzene rings is 1. The van der Waals surface area contributed by atoms with Crippen molar-refractivity contribution in [3.63, 3.8) is 0 Å². The van der Waals surface area contributed by atoms with Crippen LogP contribution in [0, 0.1) is 6.92 Å². The lowest BCUT2D eigenvalue weighted by Gasteiger charge is -2.12. The van der Waals surface area contributed by atoms with Gasteiger partial charge in [0.15, 0.2) is 5.82 Å². The van der Waals surface area contributed by atoms with Crippen LogP contribution in [0.5, 0.6) is 11.5 Å². The maximum Gasteiger partial charge on any atom is 0.158 e. The molecule has 0 radical (unpaired) electrons. The fourth-order valence-electron chi connectivity index (χ4n) is 3.08. The number of rotatable bonds is 9. The molecular formula is C22H22ClN5O3. The molecule has 3 heterocycles. The summed E-state index contributed by atoms with van der Waals surface area (Å²) >= 11 is 6.44. The van der Waals surface area contributed by atoms with Crippen molar-refractivity contribution in [2.45, 2.75) is 13.5 Å². The van der Waals surface area contributed by atoms with Gasteiger partial charge in [0.1, 0.15) is 23.3 Å². The molecule has 3 aromatic heterocycles. The fourth-order valence-corrected chi connectivity index (χ4v) is 3.30. The molecule has 0 bridgehead atoms. The van der Waals surface area contributed by atoms with Gasteiger partial charge in [-0.3, -0.25) is 4.98 Å². The van der Waals surface area contributed by atoms with Gasteiger partial charge in [-0.05, 0) is 43.3 Å². The first kappa shape index (κ1) is 21.0. The van der Waals surface area contributed by atoms with Crippen LogP contribution in [0.3, 0.4) is 0 Å². The van der Waals surface area contributed by atoms with Gasteiger partial charge >= 0.3 is 0 Å². The van der Waals surface area contributed by atoms with Crippen molar-refractivity contribution >= 4 is 34.1 Å². The summed E-state index contributed by atoms with van der Waals surface area (Å²) in [5, 5.41) is 12.6. The van der Waals surface area contributed by atoms with E-state index < -0.39 is 0 Å². The number of halogens is 1. The largest absolute Gasteiger partial charge is 0.454 e. The van der Waals surface area contributed by atoms with Crippen LogP contribution >= 0.6 is 11.6 Å². The Morgan fingerprint density at radius 3 is 2.77 bits per heavy atom. The molecule has 4 rings (SSSR count). The number of ether oxygens (including phenoxy) is 2. The van der Waals surface area contributed by atoms with Crippen LogP contribution in [-0.2, 0) is 11.3 Å². The molecule has 2 N–H and O–H groups in total. The van der Waals surface area contributed by atoms with E-state index in [0.717, 1.165) is 22.4 Å². The molecule has 0 atom stereocenters. The summed E-state index contributed by atoms with van der Waals surface area (Å²) in [6.45, 7) is 3.32. The molecule has 160 valence electrons. The predicted octanol–water partition coefficient (Wildman–Crippen LogP) is 4.33. The number of nitrogens with one attached hydrogen (secondary N) is 1. The first-order chi connectivity index (χ1) is 15.1. The Morgan fingerprint density at radius 1 is 1.10 bits per heavy atom. The summed E-state index contributed by atoms with van der Waals surface area (Å²) in [7, 11) is 0. The number of pyridine rings is 1. The normalized spacial score (nSPS) is 11.1. The van der Waals surface area contributed by atoms with Crippen molar-refractivity contribution in [1.29, 1.82) is 0 Å². The van der Waals surface area contributed by atoms with E-state index in [1.165, 1.54) is 6.33 Å². The average molecular weight is 440 g/mol. The van der Waals surface area contributed by atoms with Gasteiger partial charge < -0.3 is 24.5 Å². The van der Waals surface area contributed by atoms with E-state index in [9.17, 15) is 0 Å². The average Bonchev–Trinajstić information content (AvgIpc) is 3.19. The van der Waals surface area contributed by atoms with E-state index in [1.54, 1.807) is 18.3 Å².